The molecule has 1 rings (SSSR count). The Morgan fingerprint density at radius 1 is 1.70 bits per heavy atom. The quantitative estimate of drug-likeness (QED) is 0.637. The summed E-state index contributed by atoms with van der Waals surface area (Å²) in [5, 5.41) is 0. The van der Waals surface area contributed by atoms with Gasteiger partial charge in [0.15, 0.2) is 0 Å². The van der Waals surface area contributed by atoms with E-state index in [9.17, 15) is 0 Å². The van der Waals surface area contributed by atoms with Crippen LogP contribution < -0.4 is 5.73 Å². The largest absolute Gasteiger partial charge is 0.333 e. The Balaban J connectivity index is 2.70. The predicted molar refractivity (Wildman–Crippen MR) is 49.0 cm³/mol. The van der Waals surface area contributed by atoms with E-state index in [0.29, 0.717) is 6.54 Å². The molecule has 0 radical (unpaired) electrons. The lowest BCUT2D eigenvalue weighted by atomic mass is 10.6. The summed E-state index contributed by atoms with van der Waals surface area (Å²) in [5.74, 6) is 1.10. The Morgan fingerprint density at radius 3 is 3.10 bits per heavy atom. The number of halogens is 1. The van der Waals surface area contributed by atoms with E-state index in [0.717, 1.165) is 16.8 Å². The molecule has 2 N–H and O–H groups in total. The topological polar surface area (TPSA) is 43.8 Å². The molecule has 3 nitrogen and oxygen atoms in total. The van der Waals surface area contributed by atoms with E-state index < -0.39 is 0 Å². The average molecular weight is 251 g/mol. The van der Waals surface area contributed by atoms with E-state index in [1.54, 1.807) is 0 Å². The highest BCUT2D eigenvalue weighted by atomic mass is 127. The maximum Gasteiger partial charge on any atom is 0.118 e. The zero-order valence-electron chi connectivity index (χ0n) is 5.63. The van der Waals surface area contributed by atoms with Crippen molar-refractivity contribution in [2.24, 2.45) is 5.73 Å². The van der Waals surface area contributed by atoms with Gasteiger partial charge >= 0.3 is 0 Å². The second-order valence-electron chi connectivity index (χ2n) is 1.96. The monoisotopic (exact) mass is 251 g/mol. The van der Waals surface area contributed by atoms with E-state index in [1.807, 2.05) is 12.4 Å². The number of imidazole rings is 1. The lowest BCUT2D eigenvalue weighted by Crippen LogP contribution is -2.10. The van der Waals surface area contributed by atoms with E-state index in [4.69, 9.17) is 5.73 Å². The van der Waals surface area contributed by atoms with Crippen molar-refractivity contribution in [3.8, 4) is 0 Å². The molecule has 4 heteroatoms. The molecule has 0 aliphatic heterocycles. The molecular formula is C6H10IN3. The summed E-state index contributed by atoms with van der Waals surface area (Å²) >= 11 is 2.29. The van der Waals surface area contributed by atoms with Crippen LogP contribution in [0.4, 0.5) is 0 Å². The molecule has 0 saturated heterocycles. The van der Waals surface area contributed by atoms with Crippen LogP contribution >= 0.6 is 22.6 Å². The van der Waals surface area contributed by atoms with Crippen molar-refractivity contribution in [2.45, 2.75) is 11.0 Å². The zero-order valence-corrected chi connectivity index (χ0v) is 7.78. The first kappa shape index (κ1) is 8.00. The van der Waals surface area contributed by atoms with Gasteiger partial charge in [0.05, 0.1) is 4.43 Å². The second kappa shape index (κ2) is 3.92. The molecule has 0 bridgehead atoms. The van der Waals surface area contributed by atoms with Crippen molar-refractivity contribution in [3.63, 3.8) is 0 Å². The molecule has 56 valence electrons. The van der Waals surface area contributed by atoms with Crippen LogP contribution in [0.2, 0.25) is 0 Å². The minimum absolute atomic E-state index is 0.681. The van der Waals surface area contributed by atoms with Crippen LogP contribution in [-0.4, -0.2) is 16.1 Å². The third-order valence-electron chi connectivity index (χ3n) is 1.29. The van der Waals surface area contributed by atoms with Gasteiger partial charge in [0, 0.05) is 25.5 Å². The molecule has 0 fully saturated rings. The summed E-state index contributed by atoms with van der Waals surface area (Å²) in [7, 11) is 0. The molecule has 0 spiro atoms. The molecule has 1 aromatic rings. The first-order valence-corrected chi connectivity index (χ1v) is 4.67. The van der Waals surface area contributed by atoms with Gasteiger partial charge in [0.2, 0.25) is 0 Å². The first-order valence-electron chi connectivity index (χ1n) is 3.14. The number of nitrogens with two attached hydrogens (primary N) is 1. The molecule has 10 heavy (non-hydrogen) atoms. The zero-order chi connectivity index (χ0) is 7.40. The molecule has 0 aromatic carbocycles. The molecule has 0 amide bonds. The van der Waals surface area contributed by atoms with E-state index in [1.165, 1.54) is 0 Å². The number of alkyl halides is 1. The summed E-state index contributed by atoms with van der Waals surface area (Å²) in [6.45, 7) is 1.55. The Hall–Kier alpha value is -0.100. The minimum atomic E-state index is 0.681. The summed E-state index contributed by atoms with van der Waals surface area (Å²) in [6.07, 6.45) is 3.77. The smallest absolute Gasteiger partial charge is 0.118 e. The summed E-state index contributed by atoms with van der Waals surface area (Å²) in [6, 6.07) is 0. The number of rotatable bonds is 3. The van der Waals surface area contributed by atoms with E-state index in [-0.39, 0.29) is 0 Å². The van der Waals surface area contributed by atoms with E-state index in [2.05, 4.69) is 32.1 Å². The second-order valence-corrected chi connectivity index (χ2v) is 2.72. The Bertz CT molecular complexity index is 197. The van der Waals surface area contributed by atoms with Gasteiger partial charge < -0.3 is 10.3 Å². The average Bonchev–Trinajstić information content (AvgIpc) is 2.36. The van der Waals surface area contributed by atoms with Crippen molar-refractivity contribution in [2.75, 3.05) is 6.54 Å². The van der Waals surface area contributed by atoms with Gasteiger partial charge in [0.25, 0.3) is 0 Å². The SMILES string of the molecule is NCCn1ccnc1CI. The van der Waals surface area contributed by atoms with Gasteiger partial charge in [-0.25, -0.2) is 4.98 Å². The van der Waals surface area contributed by atoms with Crippen LogP contribution in [0.3, 0.4) is 0 Å². The third-order valence-corrected chi connectivity index (χ3v) is 1.97. The van der Waals surface area contributed by atoms with Crippen LogP contribution in [0.1, 0.15) is 5.82 Å². The molecule has 0 atom stereocenters. The number of hydrogen-bond acceptors (Lipinski definition) is 2. The Labute approximate surface area is 73.8 Å². The summed E-state index contributed by atoms with van der Waals surface area (Å²) in [4.78, 5) is 4.15. The lowest BCUT2D eigenvalue weighted by Gasteiger charge is -2.01. The lowest BCUT2D eigenvalue weighted by molar-refractivity contribution is 0.683. The highest BCUT2D eigenvalue weighted by molar-refractivity contribution is 14.1. The predicted octanol–water partition coefficient (Wildman–Crippen LogP) is 0.777. The Kier molecular flexibility index (Phi) is 3.14. The van der Waals surface area contributed by atoms with Gasteiger partial charge in [-0.3, -0.25) is 0 Å². The van der Waals surface area contributed by atoms with Gasteiger partial charge in [0.1, 0.15) is 5.82 Å². The van der Waals surface area contributed by atoms with Crippen molar-refractivity contribution in [1.29, 1.82) is 0 Å². The van der Waals surface area contributed by atoms with Gasteiger partial charge in [-0.1, -0.05) is 22.6 Å². The molecule has 0 unspecified atom stereocenters. The highest BCUT2D eigenvalue weighted by Crippen LogP contribution is 2.02. The van der Waals surface area contributed by atoms with Crippen LogP contribution in [0.25, 0.3) is 0 Å². The van der Waals surface area contributed by atoms with Crippen molar-refractivity contribution in [1.82, 2.24) is 9.55 Å². The van der Waals surface area contributed by atoms with E-state index >= 15 is 0 Å². The number of hydrogen-bond donors (Lipinski definition) is 1. The van der Waals surface area contributed by atoms with Crippen LogP contribution in [-0.2, 0) is 11.0 Å². The number of nitrogens with zero attached hydrogens (tertiary/aromatic N) is 2. The molecular weight excluding hydrogens is 241 g/mol. The van der Waals surface area contributed by atoms with Gasteiger partial charge in [-0.2, -0.15) is 0 Å². The standard InChI is InChI=1S/C6H10IN3/c7-5-6-9-2-4-10(6)3-1-8/h2,4H,1,3,5,8H2. The number of aromatic nitrogens is 2. The highest BCUT2D eigenvalue weighted by Gasteiger charge is 1.97. The van der Waals surface area contributed by atoms with Crippen molar-refractivity contribution in [3.05, 3.63) is 18.2 Å². The van der Waals surface area contributed by atoms with Crippen molar-refractivity contribution < 1.29 is 0 Å². The normalized spacial score (nSPS) is 10.2. The maximum absolute atomic E-state index is 5.39. The van der Waals surface area contributed by atoms with Crippen molar-refractivity contribution >= 4 is 22.6 Å². The molecule has 1 heterocycles. The molecule has 1 aromatic heterocycles. The van der Waals surface area contributed by atoms with Crippen LogP contribution in [0.5, 0.6) is 0 Å². The molecule has 0 aliphatic carbocycles. The fourth-order valence-corrected chi connectivity index (χ4v) is 1.45. The fourth-order valence-electron chi connectivity index (χ4n) is 0.814. The summed E-state index contributed by atoms with van der Waals surface area (Å²) < 4.78 is 3.02. The molecule has 0 saturated carbocycles. The first-order chi connectivity index (χ1) is 4.88. The fraction of sp³-hybridized carbons (Fsp3) is 0.500. The van der Waals surface area contributed by atoms with Crippen LogP contribution in [0.15, 0.2) is 12.4 Å². The van der Waals surface area contributed by atoms with Gasteiger partial charge in [-0.15, -0.1) is 0 Å². The van der Waals surface area contributed by atoms with Gasteiger partial charge in [-0.05, 0) is 0 Å². The maximum atomic E-state index is 5.39. The summed E-state index contributed by atoms with van der Waals surface area (Å²) in [5.41, 5.74) is 5.39. The third kappa shape index (κ3) is 1.69. The Morgan fingerprint density at radius 2 is 2.50 bits per heavy atom. The van der Waals surface area contributed by atoms with Crippen LogP contribution in [0, 0.1) is 0 Å². The molecule has 0 aliphatic rings. The minimum Gasteiger partial charge on any atom is -0.333 e.